The van der Waals surface area contributed by atoms with Crippen LogP contribution in [0, 0.1) is 5.92 Å². The van der Waals surface area contributed by atoms with Gasteiger partial charge in [0.25, 0.3) is 0 Å². The Labute approximate surface area is 159 Å². The molecule has 0 aliphatic rings. The van der Waals surface area contributed by atoms with Gasteiger partial charge in [-0.2, -0.15) is 0 Å². The molecule has 0 amide bonds. The molecule has 0 saturated heterocycles. The molecule has 0 spiro atoms. The smallest absolute Gasteiger partial charge is 0.302 e. The summed E-state index contributed by atoms with van der Waals surface area (Å²) in [6.07, 6.45) is 2.80. The van der Waals surface area contributed by atoms with Crippen molar-refractivity contribution in [3.63, 3.8) is 0 Å². The van der Waals surface area contributed by atoms with E-state index < -0.39 is 0 Å². The molecule has 132 valence electrons. The zero-order valence-electron chi connectivity index (χ0n) is 14.8. The van der Waals surface area contributed by atoms with Crippen molar-refractivity contribution in [3.05, 3.63) is 71.0 Å². The highest BCUT2D eigenvalue weighted by Gasteiger charge is 2.16. The molecule has 25 heavy (non-hydrogen) atoms. The second kappa shape index (κ2) is 10.4. The van der Waals surface area contributed by atoms with E-state index >= 15 is 0 Å². The Kier molecular flexibility index (Phi) is 8.16. The van der Waals surface area contributed by atoms with Crippen molar-refractivity contribution in [1.82, 2.24) is 0 Å². The monoisotopic (exact) mass is 372 g/mol. The largest absolute Gasteiger partial charge is 0.462 e. The minimum Gasteiger partial charge on any atom is -0.462 e. The van der Waals surface area contributed by atoms with Gasteiger partial charge in [-0.15, -0.1) is 0 Å². The molecule has 0 saturated carbocycles. The summed E-state index contributed by atoms with van der Waals surface area (Å²) in [6, 6.07) is 20.6. The van der Waals surface area contributed by atoms with Crippen LogP contribution in [0.5, 0.6) is 0 Å². The van der Waals surface area contributed by atoms with Crippen molar-refractivity contribution >= 4 is 29.5 Å². The molecular formula is C21H24O2S2. The van der Waals surface area contributed by atoms with Crippen LogP contribution in [0.3, 0.4) is 0 Å². The molecule has 0 heterocycles. The molecule has 0 aromatic heterocycles. The highest BCUT2D eigenvalue weighted by atomic mass is 32.2. The van der Waals surface area contributed by atoms with E-state index in [2.05, 4.69) is 44.2 Å². The normalized spacial score (nSPS) is 11.8. The van der Waals surface area contributed by atoms with E-state index in [0.29, 0.717) is 6.42 Å². The molecule has 0 radical (unpaired) electrons. The van der Waals surface area contributed by atoms with Crippen molar-refractivity contribution in [2.45, 2.75) is 43.1 Å². The van der Waals surface area contributed by atoms with Crippen molar-refractivity contribution in [3.8, 4) is 0 Å². The molecule has 4 heteroatoms. The van der Waals surface area contributed by atoms with Gasteiger partial charge in [-0.3, -0.25) is 4.79 Å². The fourth-order valence-electron chi connectivity index (χ4n) is 2.20. The summed E-state index contributed by atoms with van der Waals surface area (Å²) in [7, 11) is 0. The minimum atomic E-state index is -0.222. The van der Waals surface area contributed by atoms with E-state index in [1.54, 1.807) is 23.5 Å². The molecule has 0 N–H and O–H groups in total. The van der Waals surface area contributed by atoms with E-state index in [1.807, 2.05) is 36.4 Å². The second-order valence-corrected chi connectivity index (χ2v) is 8.47. The van der Waals surface area contributed by atoms with Crippen LogP contribution in [0.4, 0.5) is 0 Å². The molecule has 2 aromatic rings. The van der Waals surface area contributed by atoms with Gasteiger partial charge in [-0.05, 0) is 30.2 Å². The van der Waals surface area contributed by atoms with Gasteiger partial charge in [-0.1, -0.05) is 79.8 Å². The molecule has 2 nitrogen and oxygen atoms in total. The van der Waals surface area contributed by atoms with E-state index in [1.165, 1.54) is 21.0 Å². The fourth-order valence-corrected chi connectivity index (χ4v) is 4.35. The highest BCUT2D eigenvalue weighted by molar-refractivity contribution is 8.22. The Morgan fingerprint density at radius 3 is 1.84 bits per heavy atom. The van der Waals surface area contributed by atoms with Crippen LogP contribution < -0.4 is 0 Å². The maximum absolute atomic E-state index is 11.3. The summed E-state index contributed by atoms with van der Waals surface area (Å²) in [5.74, 6) is 0.0601. The van der Waals surface area contributed by atoms with Crippen LogP contribution in [0.15, 0.2) is 80.8 Å². The summed E-state index contributed by atoms with van der Waals surface area (Å²) in [6.45, 7) is 5.63. The van der Waals surface area contributed by atoms with Gasteiger partial charge in [-0.25, -0.2) is 0 Å². The lowest BCUT2D eigenvalue weighted by molar-refractivity contribution is -0.148. The number of carbonyl (C=O) groups is 1. The standard InChI is InChI=1S/C21H24O2S2/c1-16(2)20(23-17(3)22)14-15-21(24-18-10-6-4-7-11-18)25-19-12-8-5-9-13-19/h4-13,15-16,20H,14H2,1-3H3. The Hall–Kier alpha value is -1.65. The summed E-state index contributed by atoms with van der Waals surface area (Å²) in [4.78, 5) is 13.7. The van der Waals surface area contributed by atoms with Gasteiger partial charge in [0.05, 0.1) is 0 Å². The molecule has 0 bridgehead atoms. The molecule has 2 rings (SSSR count). The average Bonchev–Trinajstić information content (AvgIpc) is 2.59. The van der Waals surface area contributed by atoms with E-state index in [9.17, 15) is 4.79 Å². The second-order valence-electron chi connectivity index (χ2n) is 5.98. The molecule has 0 aliphatic carbocycles. The van der Waals surface area contributed by atoms with Crippen LogP contribution >= 0.6 is 23.5 Å². The molecule has 1 atom stereocenters. The molecule has 0 aliphatic heterocycles. The topological polar surface area (TPSA) is 26.3 Å². The molecule has 2 aromatic carbocycles. The number of ether oxygens (including phenoxy) is 1. The Morgan fingerprint density at radius 1 is 0.960 bits per heavy atom. The zero-order valence-corrected chi connectivity index (χ0v) is 16.5. The van der Waals surface area contributed by atoms with E-state index in [0.717, 1.165) is 0 Å². The number of hydrogen-bond acceptors (Lipinski definition) is 4. The van der Waals surface area contributed by atoms with Crippen molar-refractivity contribution in [1.29, 1.82) is 0 Å². The van der Waals surface area contributed by atoms with Gasteiger partial charge in [0.15, 0.2) is 0 Å². The highest BCUT2D eigenvalue weighted by Crippen LogP contribution is 2.39. The zero-order chi connectivity index (χ0) is 18.1. The lowest BCUT2D eigenvalue weighted by Crippen LogP contribution is -2.21. The Balaban J connectivity index is 2.15. The third-order valence-electron chi connectivity index (χ3n) is 3.50. The van der Waals surface area contributed by atoms with Crippen LogP contribution in [-0.4, -0.2) is 12.1 Å². The van der Waals surface area contributed by atoms with Gasteiger partial charge >= 0.3 is 5.97 Å². The first-order chi connectivity index (χ1) is 12.0. The van der Waals surface area contributed by atoms with Crippen molar-refractivity contribution in [2.24, 2.45) is 5.92 Å². The van der Waals surface area contributed by atoms with Crippen molar-refractivity contribution in [2.75, 3.05) is 0 Å². The quantitative estimate of drug-likeness (QED) is 0.396. The van der Waals surface area contributed by atoms with Crippen LogP contribution in [0.2, 0.25) is 0 Å². The number of esters is 1. The first kappa shape index (κ1) is 19.7. The first-order valence-electron chi connectivity index (χ1n) is 8.38. The first-order valence-corrected chi connectivity index (χ1v) is 10.0. The number of benzene rings is 2. The van der Waals surface area contributed by atoms with E-state index in [-0.39, 0.29) is 18.0 Å². The fraction of sp³-hybridized carbons (Fsp3) is 0.286. The van der Waals surface area contributed by atoms with Gasteiger partial charge in [0.2, 0.25) is 0 Å². The molecular weight excluding hydrogens is 348 g/mol. The lowest BCUT2D eigenvalue weighted by Gasteiger charge is -2.19. The third-order valence-corrected chi connectivity index (χ3v) is 5.75. The summed E-state index contributed by atoms with van der Waals surface area (Å²) >= 11 is 3.48. The summed E-state index contributed by atoms with van der Waals surface area (Å²) < 4.78 is 6.65. The van der Waals surface area contributed by atoms with Crippen LogP contribution in [0.1, 0.15) is 27.2 Å². The minimum absolute atomic E-state index is 0.0970. The Morgan fingerprint density at radius 2 is 1.44 bits per heavy atom. The number of carbonyl (C=O) groups excluding carboxylic acids is 1. The van der Waals surface area contributed by atoms with Crippen LogP contribution in [-0.2, 0) is 9.53 Å². The molecule has 0 fully saturated rings. The Bertz CT molecular complexity index is 638. The van der Waals surface area contributed by atoms with Gasteiger partial charge in [0, 0.05) is 27.4 Å². The maximum atomic E-state index is 11.3. The lowest BCUT2D eigenvalue weighted by atomic mass is 10.0. The van der Waals surface area contributed by atoms with E-state index in [4.69, 9.17) is 4.74 Å². The molecule has 1 unspecified atom stereocenters. The summed E-state index contributed by atoms with van der Waals surface area (Å²) in [5, 5.41) is 0. The van der Waals surface area contributed by atoms with Crippen LogP contribution in [0.25, 0.3) is 0 Å². The van der Waals surface area contributed by atoms with Gasteiger partial charge < -0.3 is 4.74 Å². The number of hydrogen-bond donors (Lipinski definition) is 0. The predicted molar refractivity (Wildman–Crippen MR) is 108 cm³/mol. The average molecular weight is 373 g/mol. The SMILES string of the molecule is CC(=O)OC(CC=C(Sc1ccccc1)Sc1ccccc1)C(C)C. The number of thioether (sulfide) groups is 2. The van der Waals surface area contributed by atoms with Gasteiger partial charge in [0.1, 0.15) is 6.10 Å². The predicted octanol–water partition coefficient (Wildman–Crippen LogP) is 6.39. The summed E-state index contributed by atoms with van der Waals surface area (Å²) in [5.41, 5.74) is 0. The maximum Gasteiger partial charge on any atom is 0.302 e. The number of rotatable bonds is 8. The van der Waals surface area contributed by atoms with Crippen molar-refractivity contribution < 1.29 is 9.53 Å². The third kappa shape index (κ3) is 7.41.